The highest BCUT2D eigenvalue weighted by Crippen LogP contribution is 2.50. The summed E-state index contributed by atoms with van der Waals surface area (Å²) in [6, 6.07) is 142. The number of nitrogens with zero attached hydrogens (tertiary/aromatic N) is 12. The van der Waals surface area contributed by atoms with Gasteiger partial charge in [0.25, 0.3) is 0 Å². The lowest BCUT2D eigenvalue weighted by atomic mass is 10.1. The van der Waals surface area contributed by atoms with Crippen LogP contribution in [0.15, 0.2) is 438 Å². The third-order valence-corrected chi connectivity index (χ3v) is 28.1. The van der Waals surface area contributed by atoms with Gasteiger partial charge in [-0.3, -0.25) is 28.7 Å². The summed E-state index contributed by atoms with van der Waals surface area (Å²) in [4.78, 5) is 33.0. The smallest absolute Gasteiger partial charge is 0.195 e. The van der Waals surface area contributed by atoms with Gasteiger partial charge in [0.15, 0.2) is 15.4 Å². The lowest BCUT2D eigenvalue weighted by Crippen LogP contribution is -1.98. The third kappa shape index (κ3) is 12.4. The van der Waals surface area contributed by atoms with Gasteiger partial charge in [0, 0.05) is 99.9 Å². The van der Waals surface area contributed by atoms with E-state index in [0.717, 1.165) is 121 Å². The normalized spacial score (nSPS) is 11.7. The van der Waals surface area contributed by atoms with Crippen LogP contribution in [-0.2, 0) is 0 Å². The molecule has 0 saturated heterocycles. The van der Waals surface area contributed by atoms with Crippen molar-refractivity contribution in [1.29, 1.82) is 0 Å². The molecule has 0 aliphatic carbocycles. The minimum Gasteiger partial charge on any atom is -0.308 e. The Hall–Kier alpha value is -16.6. The van der Waals surface area contributed by atoms with Gasteiger partial charge in [-0.15, -0.1) is 0 Å². The van der Waals surface area contributed by atoms with E-state index in [9.17, 15) is 0 Å². The number of benzene rings is 15. The predicted molar refractivity (Wildman–Crippen MR) is 538 cm³/mol. The van der Waals surface area contributed by atoms with E-state index in [-0.39, 0.29) is 0 Å². The molecule has 27 aromatic rings. The summed E-state index contributed by atoms with van der Waals surface area (Å²) in [5.41, 5.74) is 26.8. The van der Waals surface area contributed by atoms with Crippen molar-refractivity contribution in [3.05, 3.63) is 438 Å². The van der Waals surface area contributed by atoms with Gasteiger partial charge in [0.1, 0.15) is 0 Å². The molecule has 12 nitrogen and oxygen atoms in total. The maximum absolute atomic E-state index is 5.42. The Balaban J connectivity index is 0.000000105. The molecule has 12 aromatic heterocycles. The molecule has 0 bridgehead atoms. The fourth-order valence-electron chi connectivity index (χ4n) is 19.3. The monoisotopic (exact) mass is 1700 g/mol. The molecule has 15 aromatic carbocycles. The first-order valence-electron chi connectivity index (χ1n) is 43.0. The molecule has 0 spiro atoms. The third-order valence-electron chi connectivity index (χ3n) is 24.8. The molecule has 0 saturated carbocycles. The number of rotatable bonds is 12. The lowest BCUT2D eigenvalue weighted by Gasteiger charge is -2.10. The van der Waals surface area contributed by atoms with Crippen molar-refractivity contribution in [3.63, 3.8) is 0 Å². The van der Waals surface area contributed by atoms with Gasteiger partial charge >= 0.3 is 0 Å². The highest BCUT2D eigenvalue weighted by molar-refractivity contribution is 7.19. The summed E-state index contributed by atoms with van der Waals surface area (Å²) in [7, 11) is 0. The van der Waals surface area contributed by atoms with Crippen molar-refractivity contribution >= 4 is 165 Å². The molecule has 0 fully saturated rings. The van der Waals surface area contributed by atoms with Crippen molar-refractivity contribution < 1.29 is 0 Å². The summed E-state index contributed by atoms with van der Waals surface area (Å²) < 4.78 is 14.1. The summed E-state index contributed by atoms with van der Waals surface area (Å²) in [6.07, 6.45) is 11.3. The zero-order chi connectivity index (χ0) is 85.0. The van der Waals surface area contributed by atoms with E-state index in [4.69, 9.17) is 15.0 Å². The zero-order valence-corrected chi connectivity index (χ0v) is 71.6. The molecule has 0 aliphatic heterocycles. The van der Waals surface area contributed by atoms with E-state index in [0.29, 0.717) is 0 Å². The highest BCUT2D eigenvalue weighted by Gasteiger charge is 2.29. The number of fused-ring (bicyclic) bond motifs is 20. The first-order chi connectivity index (χ1) is 64.1. The summed E-state index contributed by atoms with van der Waals surface area (Å²) >= 11 is 5.23. The molecule has 12 heterocycles. The van der Waals surface area contributed by atoms with E-state index >= 15 is 0 Å². The molecule has 0 atom stereocenters. The van der Waals surface area contributed by atoms with E-state index in [1.807, 2.05) is 55.4 Å². The number of para-hydroxylation sites is 6. The fraction of sp³-hybridized carbons (Fsp3) is 0. The van der Waals surface area contributed by atoms with Gasteiger partial charge < -0.3 is 13.7 Å². The van der Waals surface area contributed by atoms with Gasteiger partial charge in [-0.2, -0.15) is 0 Å². The van der Waals surface area contributed by atoms with Gasteiger partial charge in [-0.1, -0.05) is 337 Å². The van der Waals surface area contributed by atoms with Crippen LogP contribution in [-0.4, -0.2) is 57.3 Å². The number of hydrogen-bond donors (Lipinski definition) is 0. The van der Waals surface area contributed by atoms with Gasteiger partial charge in [-0.25, -0.2) is 15.0 Å². The van der Waals surface area contributed by atoms with Crippen LogP contribution in [0.5, 0.6) is 0 Å². The Bertz CT molecular complexity index is 8790. The predicted octanol–water partition coefficient (Wildman–Crippen LogP) is 30.2. The van der Waals surface area contributed by atoms with Gasteiger partial charge in [0.05, 0.1) is 134 Å². The Morgan fingerprint density at radius 1 is 0.178 bits per heavy atom. The second-order valence-electron chi connectivity index (χ2n) is 32.1. The average molecular weight is 1710 g/mol. The van der Waals surface area contributed by atoms with Crippen LogP contribution in [0.25, 0.3) is 228 Å². The summed E-state index contributed by atoms with van der Waals surface area (Å²) in [5.74, 6) is 0. The molecule has 0 amide bonds. The molecule has 0 radical (unpaired) electrons. The minimum atomic E-state index is 0.944. The first kappa shape index (κ1) is 75.0. The highest BCUT2D eigenvalue weighted by atomic mass is 32.1. The van der Waals surface area contributed by atoms with Gasteiger partial charge in [-0.05, 0) is 114 Å². The Morgan fingerprint density at radius 2 is 0.450 bits per heavy atom. The molecule has 0 unspecified atom stereocenters. The van der Waals surface area contributed by atoms with E-state index < -0.39 is 0 Å². The zero-order valence-electron chi connectivity index (χ0n) is 69.2. The second-order valence-corrected chi connectivity index (χ2v) is 35.0. The molecule has 0 N–H and O–H groups in total. The Kier molecular flexibility index (Phi) is 18.2. The van der Waals surface area contributed by atoms with Crippen molar-refractivity contribution in [2.45, 2.75) is 0 Å². The SMILES string of the molecule is c1ccc(-c2nc(-n3c4ccccc4c4c5c6ccccc6n(-c6cccnc6)c5ccc43)sc2-c2ccccc2)cc1.c1ccc(-c2nc(-n3c4ccccc4c4cc5c6ccccc6n(-c6cccnc6)c5cc43)sc2-c2ccccc2)cc1.c1ccc(-c2nc(-n3c4ccccc4c4ccc5c6ccccc6n(-c6cccnc6)c5c43)sc2-c2ccccc2)cc1. The molecule has 15 heteroatoms. The second kappa shape index (κ2) is 31.3. The van der Waals surface area contributed by atoms with E-state index in [2.05, 4.69) is 425 Å². The maximum Gasteiger partial charge on any atom is 0.195 e. The van der Waals surface area contributed by atoms with Crippen LogP contribution in [0.3, 0.4) is 0 Å². The van der Waals surface area contributed by atoms with Crippen molar-refractivity contribution in [3.8, 4) is 97.6 Å². The standard InChI is InChI=1S/3C38H24N4S/c1-3-12-25(13-4-1)34-37(26-14-5-2-6-15-26)43-38(40-34)42-33-20-10-8-18-29(33)31-22-21-30-28-17-7-9-19-32(28)41(35(30)36(31)42)27-16-11-23-39-24-27;1-3-12-25(13-4-1)36-37(26-14-5-2-6-15-26)43-38(40-36)42-31-20-10-8-18-29(31)35-33(42)22-21-32-34(35)28-17-7-9-19-30(28)41(32)27-16-11-23-39-24-27;1-3-12-25(13-4-1)36-37(26-14-5-2-6-15-26)43-38(40-36)42-33-20-10-8-18-29(33)31-22-30-28-17-7-9-19-32(28)41(34(30)23-35(31)42)27-16-11-21-39-24-27/h3*1-24H. The quantitative estimate of drug-likeness (QED) is 0.121. The number of aromatic nitrogens is 12. The number of thiazole rings is 3. The maximum atomic E-state index is 5.42. The average Bonchev–Trinajstić information content (AvgIpc) is 1.55. The van der Waals surface area contributed by atoms with Crippen LogP contribution in [0.2, 0.25) is 0 Å². The molecule has 27 rings (SSSR count). The van der Waals surface area contributed by atoms with Crippen LogP contribution < -0.4 is 0 Å². The van der Waals surface area contributed by atoms with Crippen LogP contribution >= 0.6 is 34.0 Å². The summed E-state index contributed by atoms with van der Waals surface area (Å²) in [5, 5.41) is 17.5. The van der Waals surface area contributed by atoms with Crippen LogP contribution in [0, 0.1) is 0 Å². The molecular formula is C114H72N12S3. The molecule has 129 heavy (non-hydrogen) atoms. The fourth-order valence-corrected chi connectivity index (χ4v) is 22.6. The lowest BCUT2D eigenvalue weighted by molar-refractivity contribution is 1.11. The van der Waals surface area contributed by atoms with Gasteiger partial charge in [0.2, 0.25) is 0 Å². The van der Waals surface area contributed by atoms with E-state index in [1.165, 1.54) is 108 Å². The summed E-state index contributed by atoms with van der Waals surface area (Å²) in [6.45, 7) is 0. The Morgan fingerprint density at radius 3 is 0.837 bits per heavy atom. The van der Waals surface area contributed by atoms with E-state index in [1.54, 1.807) is 34.0 Å². The van der Waals surface area contributed by atoms with Crippen molar-refractivity contribution in [2.75, 3.05) is 0 Å². The first-order valence-corrected chi connectivity index (χ1v) is 45.5. The van der Waals surface area contributed by atoms with Crippen molar-refractivity contribution in [2.24, 2.45) is 0 Å². The van der Waals surface area contributed by atoms with Crippen molar-refractivity contribution in [1.82, 2.24) is 57.3 Å². The Labute approximate surface area is 751 Å². The minimum absolute atomic E-state index is 0.944. The van der Waals surface area contributed by atoms with Crippen LogP contribution in [0.1, 0.15) is 0 Å². The van der Waals surface area contributed by atoms with Crippen LogP contribution in [0.4, 0.5) is 0 Å². The number of pyridine rings is 3. The number of hydrogen-bond acceptors (Lipinski definition) is 9. The molecule has 606 valence electrons. The molecule has 0 aliphatic rings. The largest absolute Gasteiger partial charge is 0.308 e. The topological polar surface area (TPSA) is 107 Å². The molecular weight excluding hydrogens is 1630 g/mol.